The van der Waals surface area contributed by atoms with Crippen LogP contribution in [0.4, 0.5) is 10.5 Å². The third kappa shape index (κ3) is 5.88. The molecule has 7 heteroatoms. The lowest BCUT2D eigenvalue weighted by atomic mass is 9.90. The zero-order valence-electron chi connectivity index (χ0n) is 15.5. The number of carbonyl (C=O) groups is 2. The second kappa shape index (κ2) is 10.0. The molecule has 0 saturated heterocycles. The summed E-state index contributed by atoms with van der Waals surface area (Å²) in [6.07, 6.45) is 0. The van der Waals surface area contributed by atoms with Crippen LogP contribution in [-0.4, -0.2) is 17.1 Å². The summed E-state index contributed by atoms with van der Waals surface area (Å²) in [5.41, 5.74) is 7.24. The second-order valence-electron chi connectivity index (χ2n) is 6.14. The molecule has 0 aromatic heterocycles. The van der Waals surface area contributed by atoms with Gasteiger partial charge in [-0.25, -0.2) is 10.2 Å². The van der Waals surface area contributed by atoms with E-state index in [1.807, 2.05) is 66.7 Å². The summed E-state index contributed by atoms with van der Waals surface area (Å²) >= 11 is 5.15. The van der Waals surface area contributed by atoms with Gasteiger partial charge < -0.3 is 10.6 Å². The molecule has 0 aliphatic rings. The van der Waals surface area contributed by atoms with E-state index in [2.05, 4.69) is 21.5 Å². The summed E-state index contributed by atoms with van der Waals surface area (Å²) in [5, 5.41) is 5.27. The summed E-state index contributed by atoms with van der Waals surface area (Å²) in [6, 6.07) is 27.3. The van der Waals surface area contributed by atoms with E-state index in [-0.39, 0.29) is 11.0 Å². The summed E-state index contributed by atoms with van der Waals surface area (Å²) in [5.74, 6) is -0.833. The molecule has 4 N–H and O–H groups in total. The number of anilines is 1. The maximum atomic E-state index is 12.9. The fourth-order valence-electron chi connectivity index (χ4n) is 2.80. The van der Waals surface area contributed by atoms with Crippen molar-refractivity contribution in [2.24, 2.45) is 0 Å². The van der Waals surface area contributed by atoms with Crippen LogP contribution < -0.4 is 21.5 Å². The standard InChI is InChI=1S/C22H20N4O2S/c27-20(19(16-10-4-1-5-11-16)17-12-6-2-7-13-17)24-22(29)26-25-21(28)23-18-14-8-3-9-15-18/h1-15,19H,(H2,23,25,28)(H2,24,26,27,29). The predicted molar refractivity (Wildman–Crippen MR) is 117 cm³/mol. The Morgan fingerprint density at radius 3 is 1.69 bits per heavy atom. The first-order chi connectivity index (χ1) is 14.1. The molecule has 3 aromatic rings. The van der Waals surface area contributed by atoms with E-state index in [0.29, 0.717) is 5.69 Å². The van der Waals surface area contributed by atoms with Crippen LogP contribution in [-0.2, 0) is 4.79 Å². The molecule has 0 fully saturated rings. The van der Waals surface area contributed by atoms with Crippen molar-refractivity contribution in [2.75, 3.05) is 5.32 Å². The van der Waals surface area contributed by atoms with Crippen LogP contribution in [0.2, 0.25) is 0 Å². The molecule has 3 rings (SSSR count). The second-order valence-corrected chi connectivity index (χ2v) is 6.55. The number of nitrogens with one attached hydrogen (secondary N) is 4. The van der Waals surface area contributed by atoms with E-state index in [0.717, 1.165) is 11.1 Å². The topological polar surface area (TPSA) is 82.3 Å². The molecule has 0 bridgehead atoms. The van der Waals surface area contributed by atoms with Gasteiger partial charge in [-0.3, -0.25) is 10.2 Å². The lowest BCUT2D eigenvalue weighted by Gasteiger charge is -2.19. The summed E-state index contributed by atoms with van der Waals surface area (Å²) in [7, 11) is 0. The van der Waals surface area contributed by atoms with Crippen molar-refractivity contribution in [1.29, 1.82) is 0 Å². The highest BCUT2D eigenvalue weighted by Crippen LogP contribution is 2.24. The minimum absolute atomic E-state index is 0.00456. The smallest absolute Gasteiger partial charge is 0.307 e. The van der Waals surface area contributed by atoms with Crippen molar-refractivity contribution in [1.82, 2.24) is 16.2 Å². The van der Waals surface area contributed by atoms with Gasteiger partial charge in [0.25, 0.3) is 0 Å². The first kappa shape index (κ1) is 20.0. The van der Waals surface area contributed by atoms with Gasteiger partial charge in [0.05, 0.1) is 5.92 Å². The fourth-order valence-corrected chi connectivity index (χ4v) is 2.95. The molecule has 29 heavy (non-hydrogen) atoms. The van der Waals surface area contributed by atoms with Gasteiger partial charge in [0.2, 0.25) is 5.91 Å². The molecule has 0 unspecified atom stereocenters. The van der Waals surface area contributed by atoms with Crippen molar-refractivity contribution in [3.63, 3.8) is 0 Å². The Morgan fingerprint density at radius 1 is 0.690 bits per heavy atom. The van der Waals surface area contributed by atoms with Gasteiger partial charge in [-0.05, 0) is 35.5 Å². The van der Waals surface area contributed by atoms with Crippen LogP contribution in [0.5, 0.6) is 0 Å². The van der Waals surface area contributed by atoms with Crippen LogP contribution in [0.3, 0.4) is 0 Å². The van der Waals surface area contributed by atoms with Crippen molar-refractivity contribution < 1.29 is 9.59 Å². The van der Waals surface area contributed by atoms with E-state index < -0.39 is 11.9 Å². The minimum atomic E-state index is -0.532. The largest absolute Gasteiger partial charge is 0.337 e. The SMILES string of the molecule is O=C(NNC(=S)NC(=O)C(c1ccccc1)c1ccccc1)Nc1ccccc1. The van der Waals surface area contributed by atoms with Crippen LogP contribution in [0.1, 0.15) is 17.0 Å². The van der Waals surface area contributed by atoms with Crippen LogP contribution >= 0.6 is 12.2 Å². The van der Waals surface area contributed by atoms with Gasteiger partial charge in [-0.2, -0.15) is 0 Å². The van der Waals surface area contributed by atoms with E-state index in [9.17, 15) is 9.59 Å². The van der Waals surface area contributed by atoms with Gasteiger partial charge >= 0.3 is 6.03 Å². The lowest BCUT2D eigenvalue weighted by molar-refractivity contribution is -0.120. The van der Waals surface area contributed by atoms with Gasteiger partial charge in [0.1, 0.15) is 0 Å². The van der Waals surface area contributed by atoms with Gasteiger partial charge in [-0.15, -0.1) is 0 Å². The van der Waals surface area contributed by atoms with Crippen LogP contribution in [0, 0.1) is 0 Å². The molecular weight excluding hydrogens is 384 g/mol. The normalized spacial score (nSPS) is 10.1. The number of urea groups is 1. The Kier molecular flexibility index (Phi) is 6.91. The number of amides is 3. The highest BCUT2D eigenvalue weighted by Gasteiger charge is 2.23. The summed E-state index contributed by atoms with van der Waals surface area (Å²) in [6.45, 7) is 0. The number of hydrogen-bond acceptors (Lipinski definition) is 3. The highest BCUT2D eigenvalue weighted by atomic mass is 32.1. The number of rotatable bonds is 4. The number of thiocarbonyl (C=S) groups is 1. The van der Waals surface area contributed by atoms with Crippen molar-refractivity contribution in [2.45, 2.75) is 5.92 Å². The van der Waals surface area contributed by atoms with E-state index in [4.69, 9.17) is 12.2 Å². The average molecular weight is 404 g/mol. The fraction of sp³-hybridized carbons (Fsp3) is 0.0455. The zero-order chi connectivity index (χ0) is 20.5. The molecule has 0 radical (unpaired) electrons. The first-order valence-corrected chi connectivity index (χ1v) is 9.37. The maximum absolute atomic E-state index is 12.9. The van der Waals surface area contributed by atoms with Crippen LogP contribution in [0.25, 0.3) is 0 Å². The maximum Gasteiger partial charge on any atom is 0.337 e. The third-order valence-electron chi connectivity index (χ3n) is 4.09. The molecular formula is C22H20N4O2S. The number of para-hydroxylation sites is 1. The number of hydrogen-bond donors (Lipinski definition) is 4. The molecule has 3 aromatic carbocycles. The molecule has 0 aliphatic carbocycles. The Labute approximate surface area is 174 Å². The summed E-state index contributed by atoms with van der Waals surface area (Å²) < 4.78 is 0. The molecule has 3 amide bonds. The highest BCUT2D eigenvalue weighted by molar-refractivity contribution is 7.80. The van der Waals surface area contributed by atoms with E-state index in [1.54, 1.807) is 24.3 Å². The van der Waals surface area contributed by atoms with Gasteiger partial charge in [0.15, 0.2) is 5.11 Å². The lowest BCUT2D eigenvalue weighted by Crippen LogP contribution is -2.50. The average Bonchev–Trinajstić information content (AvgIpc) is 2.75. The minimum Gasteiger partial charge on any atom is -0.307 e. The predicted octanol–water partition coefficient (Wildman–Crippen LogP) is 3.55. The Morgan fingerprint density at radius 2 is 1.17 bits per heavy atom. The number of benzene rings is 3. The Hall–Kier alpha value is -3.71. The number of carbonyl (C=O) groups excluding carboxylic acids is 2. The summed E-state index contributed by atoms with van der Waals surface area (Å²) in [4.78, 5) is 24.8. The van der Waals surface area contributed by atoms with Gasteiger partial charge in [0, 0.05) is 5.69 Å². The molecule has 0 saturated carbocycles. The molecule has 0 aliphatic heterocycles. The first-order valence-electron chi connectivity index (χ1n) is 8.96. The molecule has 0 heterocycles. The van der Waals surface area contributed by atoms with E-state index >= 15 is 0 Å². The molecule has 146 valence electrons. The molecule has 0 atom stereocenters. The van der Waals surface area contributed by atoms with Crippen molar-refractivity contribution >= 4 is 35.0 Å². The zero-order valence-corrected chi connectivity index (χ0v) is 16.3. The Bertz CT molecular complexity index is 926. The van der Waals surface area contributed by atoms with E-state index in [1.165, 1.54) is 0 Å². The number of hydrazine groups is 1. The van der Waals surface area contributed by atoms with Gasteiger partial charge in [-0.1, -0.05) is 78.9 Å². The van der Waals surface area contributed by atoms with Crippen molar-refractivity contribution in [3.05, 3.63) is 102 Å². The monoisotopic (exact) mass is 404 g/mol. The Balaban J connectivity index is 1.60. The quantitative estimate of drug-likeness (QED) is 0.396. The van der Waals surface area contributed by atoms with Crippen LogP contribution in [0.15, 0.2) is 91.0 Å². The third-order valence-corrected chi connectivity index (χ3v) is 4.29. The van der Waals surface area contributed by atoms with Crippen molar-refractivity contribution in [3.8, 4) is 0 Å². The molecule has 6 nitrogen and oxygen atoms in total. The molecule has 0 spiro atoms.